The van der Waals surface area contributed by atoms with Crippen LogP contribution in [-0.4, -0.2) is 41.4 Å². The number of halogens is 1. The van der Waals surface area contributed by atoms with Crippen molar-refractivity contribution >= 4 is 29.5 Å². The van der Waals surface area contributed by atoms with Gasteiger partial charge in [-0.2, -0.15) is 5.26 Å². The normalized spacial score (nSPS) is 16.1. The van der Waals surface area contributed by atoms with E-state index in [9.17, 15) is 14.4 Å². The Balaban J connectivity index is 1.56. The van der Waals surface area contributed by atoms with Gasteiger partial charge in [0.1, 0.15) is 18.7 Å². The lowest BCUT2D eigenvalue weighted by Crippen LogP contribution is -2.49. The first-order valence-electron chi connectivity index (χ1n) is 10.1. The van der Waals surface area contributed by atoms with Crippen LogP contribution in [0.15, 0.2) is 48.5 Å². The molecule has 166 valence electrons. The van der Waals surface area contributed by atoms with Crippen molar-refractivity contribution in [2.24, 2.45) is 5.73 Å². The second-order valence-corrected chi connectivity index (χ2v) is 7.91. The van der Waals surface area contributed by atoms with Crippen LogP contribution in [0.25, 0.3) is 11.1 Å². The van der Waals surface area contributed by atoms with E-state index in [-0.39, 0.29) is 13.0 Å². The summed E-state index contributed by atoms with van der Waals surface area (Å²) in [6, 6.07) is 15.1. The number of nitriles is 1. The standard InChI is InChI=1S/C23H23ClN4O4/c24-18-4-1-3-17(11-18)16-8-6-15(7-9-16)14-32-23(31)28-10-2-5-20(28)22(30)27-19(13-25)12-21(26)29/h1,3-4,6-9,11,19-20H,2,5,10,12,14H2,(H2,26,29)(H,27,30)/t19-,20-/m0/s1. The number of ether oxygens (including phenoxy) is 1. The second kappa shape index (κ2) is 10.6. The maximum Gasteiger partial charge on any atom is 0.410 e. The molecule has 1 aliphatic heterocycles. The summed E-state index contributed by atoms with van der Waals surface area (Å²) in [5.74, 6) is -1.20. The Bertz CT molecular complexity index is 1040. The summed E-state index contributed by atoms with van der Waals surface area (Å²) >= 11 is 6.04. The van der Waals surface area contributed by atoms with Crippen molar-refractivity contribution in [1.82, 2.24) is 10.2 Å². The molecule has 1 heterocycles. The van der Waals surface area contributed by atoms with Gasteiger partial charge in [0.2, 0.25) is 11.8 Å². The summed E-state index contributed by atoms with van der Waals surface area (Å²) in [4.78, 5) is 37.4. The van der Waals surface area contributed by atoms with Crippen LogP contribution in [0.4, 0.5) is 4.79 Å². The summed E-state index contributed by atoms with van der Waals surface area (Å²) < 4.78 is 5.40. The maximum atomic E-state index is 12.6. The van der Waals surface area contributed by atoms with Crippen LogP contribution in [0.3, 0.4) is 0 Å². The molecule has 0 bridgehead atoms. The molecule has 0 aliphatic carbocycles. The largest absolute Gasteiger partial charge is 0.445 e. The Morgan fingerprint density at radius 2 is 1.97 bits per heavy atom. The first-order chi connectivity index (χ1) is 15.4. The van der Waals surface area contributed by atoms with Gasteiger partial charge in [-0.25, -0.2) is 4.79 Å². The van der Waals surface area contributed by atoms with Crippen LogP contribution < -0.4 is 11.1 Å². The molecule has 3 N–H and O–H groups in total. The molecule has 0 radical (unpaired) electrons. The van der Waals surface area contributed by atoms with E-state index < -0.39 is 30.0 Å². The predicted octanol–water partition coefficient (Wildman–Crippen LogP) is 2.99. The van der Waals surface area contributed by atoms with Crippen LogP contribution in [-0.2, 0) is 20.9 Å². The van der Waals surface area contributed by atoms with Gasteiger partial charge in [-0.3, -0.25) is 14.5 Å². The van der Waals surface area contributed by atoms with Crippen LogP contribution in [0.5, 0.6) is 0 Å². The molecule has 0 aromatic heterocycles. The molecular formula is C23H23ClN4O4. The molecule has 3 amide bonds. The number of hydrogen-bond acceptors (Lipinski definition) is 5. The molecule has 1 saturated heterocycles. The van der Waals surface area contributed by atoms with Gasteiger partial charge >= 0.3 is 6.09 Å². The number of carbonyl (C=O) groups is 3. The van der Waals surface area contributed by atoms with Gasteiger partial charge in [-0.15, -0.1) is 0 Å². The van der Waals surface area contributed by atoms with Gasteiger partial charge in [-0.1, -0.05) is 48.0 Å². The maximum absolute atomic E-state index is 12.6. The van der Waals surface area contributed by atoms with Crippen molar-refractivity contribution < 1.29 is 19.1 Å². The average Bonchev–Trinajstić information content (AvgIpc) is 3.27. The topological polar surface area (TPSA) is 126 Å². The number of rotatable bonds is 7. The highest BCUT2D eigenvalue weighted by molar-refractivity contribution is 6.30. The molecule has 9 heteroatoms. The highest BCUT2D eigenvalue weighted by Crippen LogP contribution is 2.24. The third kappa shape index (κ3) is 5.99. The number of primary amides is 1. The van der Waals surface area contributed by atoms with E-state index in [4.69, 9.17) is 27.3 Å². The molecular weight excluding hydrogens is 432 g/mol. The molecule has 2 aromatic carbocycles. The Hall–Kier alpha value is -3.57. The molecule has 1 aliphatic rings. The summed E-state index contributed by atoms with van der Waals surface area (Å²) in [5.41, 5.74) is 7.86. The first kappa shape index (κ1) is 23.1. The molecule has 2 atom stereocenters. The molecule has 3 rings (SSSR count). The monoisotopic (exact) mass is 454 g/mol. The fourth-order valence-corrected chi connectivity index (χ4v) is 3.74. The predicted molar refractivity (Wildman–Crippen MR) is 118 cm³/mol. The SMILES string of the molecule is N#C[C@H](CC(N)=O)NC(=O)[C@@H]1CCCN1C(=O)OCc1ccc(-c2cccc(Cl)c2)cc1. The molecule has 32 heavy (non-hydrogen) atoms. The van der Waals surface area contributed by atoms with Gasteiger partial charge in [0.05, 0.1) is 12.5 Å². The lowest BCUT2D eigenvalue weighted by atomic mass is 10.0. The van der Waals surface area contributed by atoms with Crippen LogP contribution >= 0.6 is 11.6 Å². The minimum Gasteiger partial charge on any atom is -0.445 e. The van der Waals surface area contributed by atoms with Crippen LogP contribution in [0, 0.1) is 11.3 Å². The first-order valence-corrected chi connectivity index (χ1v) is 10.5. The van der Waals surface area contributed by atoms with E-state index in [1.807, 2.05) is 54.6 Å². The highest BCUT2D eigenvalue weighted by atomic mass is 35.5. The number of amides is 3. The summed E-state index contributed by atoms with van der Waals surface area (Å²) in [6.07, 6.45) is 0.188. The van der Waals surface area contributed by atoms with E-state index >= 15 is 0 Å². The molecule has 0 saturated carbocycles. The lowest BCUT2D eigenvalue weighted by Gasteiger charge is -2.24. The van der Waals surface area contributed by atoms with E-state index in [0.717, 1.165) is 16.7 Å². The van der Waals surface area contributed by atoms with Crippen molar-refractivity contribution in [1.29, 1.82) is 5.26 Å². The quantitative estimate of drug-likeness (QED) is 0.665. The molecule has 8 nitrogen and oxygen atoms in total. The minimum absolute atomic E-state index is 0.0575. The zero-order chi connectivity index (χ0) is 23.1. The van der Waals surface area contributed by atoms with Gasteiger partial charge in [0.15, 0.2) is 0 Å². The second-order valence-electron chi connectivity index (χ2n) is 7.47. The fourth-order valence-electron chi connectivity index (χ4n) is 3.55. The zero-order valence-corrected chi connectivity index (χ0v) is 18.0. The van der Waals surface area contributed by atoms with Gasteiger partial charge in [-0.05, 0) is 41.7 Å². The fraction of sp³-hybridized carbons (Fsp3) is 0.304. The summed E-state index contributed by atoms with van der Waals surface area (Å²) in [6.45, 7) is 0.430. The van der Waals surface area contributed by atoms with Crippen molar-refractivity contribution in [3.05, 3.63) is 59.1 Å². The summed E-state index contributed by atoms with van der Waals surface area (Å²) in [5, 5.41) is 12.2. The van der Waals surface area contributed by atoms with Crippen LogP contribution in [0.1, 0.15) is 24.8 Å². The number of nitrogens with two attached hydrogens (primary N) is 1. The number of benzene rings is 2. The number of nitrogens with zero attached hydrogens (tertiary/aromatic N) is 2. The van der Waals surface area contributed by atoms with E-state index in [2.05, 4.69) is 5.32 Å². The van der Waals surface area contributed by atoms with Crippen molar-refractivity contribution in [2.45, 2.75) is 38.0 Å². The molecule has 0 spiro atoms. The molecule has 2 aromatic rings. The van der Waals surface area contributed by atoms with Crippen molar-refractivity contribution in [3.63, 3.8) is 0 Å². The molecule has 1 fully saturated rings. The average molecular weight is 455 g/mol. The van der Waals surface area contributed by atoms with E-state index in [1.54, 1.807) is 0 Å². The Morgan fingerprint density at radius 3 is 2.62 bits per heavy atom. The Kier molecular flexibility index (Phi) is 7.68. The number of carbonyl (C=O) groups excluding carboxylic acids is 3. The third-order valence-electron chi connectivity index (χ3n) is 5.14. The van der Waals surface area contributed by atoms with Crippen molar-refractivity contribution in [3.8, 4) is 17.2 Å². The van der Waals surface area contributed by atoms with Gasteiger partial charge in [0, 0.05) is 11.6 Å². The highest BCUT2D eigenvalue weighted by Gasteiger charge is 2.36. The lowest BCUT2D eigenvalue weighted by molar-refractivity contribution is -0.125. The number of likely N-dealkylation sites (tertiary alicyclic amines) is 1. The number of nitrogens with one attached hydrogen (secondary N) is 1. The van der Waals surface area contributed by atoms with E-state index in [1.165, 1.54) is 4.90 Å². The van der Waals surface area contributed by atoms with Crippen LogP contribution in [0.2, 0.25) is 5.02 Å². The Morgan fingerprint density at radius 1 is 1.22 bits per heavy atom. The number of hydrogen-bond donors (Lipinski definition) is 2. The minimum atomic E-state index is -1.03. The van der Waals surface area contributed by atoms with Crippen molar-refractivity contribution in [2.75, 3.05) is 6.54 Å². The van der Waals surface area contributed by atoms with Gasteiger partial charge < -0.3 is 15.8 Å². The van der Waals surface area contributed by atoms with Gasteiger partial charge in [0.25, 0.3) is 0 Å². The smallest absolute Gasteiger partial charge is 0.410 e. The summed E-state index contributed by atoms with van der Waals surface area (Å²) in [7, 11) is 0. The van der Waals surface area contributed by atoms with E-state index in [0.29, 0.717) is 24.4 Å². The Labute approximate surface area is 190 Å². The third-order valence-corrected chi connectivity index (χ3v) is 5.38. The zero-order valence-electron chi connectivity index (χ0n) is 17.3. The molecule has 0 unspecified atom stereocenters.